The van der Waals surface area contributed by atoms with E-state index < -0.39 is 12.0 Å². The van der Waals surface area contributed by atoms with Crippen LogP contribution < -0.4 is 0 Å². The van der Waals surface area contributed by atoms with Crippen LogP contribution in [0.5, 0.6) is 0 Å². The lowest BCUT2D eigenvalue weighted by Crippen LogP contribution is -2.53. The number of hydrogen-bond acceptors (Lipinski definition) is 4. The Morgan fingerprint density at radius 1 is 1.59 bits per heavy atom. The lowest BCUT2D eigenvalue weighted by Gasteiger charge is -2.32. The monoisotopic (exact) mass is 255 g/mol. The van der Waals surface area contributed by atoms with Gasteiger partial charge in [-0.2, -0.15) is 0 Å². The molecule has 1 saturated heterocycles. The summed E-state index contributed by atoms with van der Waals surface area (Å²) in [6.45, 7) is 0.826. The zero-order chi connectivity index (χ0) is 12.3. The van der Waals surface area contributed by atoms with Gasteiger partial charge in [-0.15, -0.1) is 11.3 Å². The van der Waals surface area contributed by atoms with Crippen LogP contribution in [0.4, 0.5) is 0 Å². The Morgan fingerprint density at radius 3 is 3.06 bits per heavy atom. The van der Waals surface area contributed by atoms with Gasteiger partial charge in [-0.05, 0) is 11.4 Å². The number of rotatable bonds is 3. The average Bonchev–Trinajstić information content (AvgIpc) is 2.81. The number of carbonyl (C=O) groups excluding carboxylic acids is 1. The first kappa shape index (κ1) is 12.1. The molecule has 0 spiro atoms. The Labute approximate surface area is 103 Å². The van der Waals surface area contributed by atoms with E-state index in [9.17, 15) is 9.59 Å². The summed E-state index contributed by atoms with van der Waals surface area (Å²) < 4.78 is 5.09. The van der Waals surface area contributed by atoms with Crippen LogP contribution in [0.1, 0.15) is 4.88 Å². The summed E-state index contributed by atoms with van der Waals surface area (Å²) in [5.41, 5.74) is 0. The third kappa shape index (κ3) is 2.83. The summed E-state index contributed by atoms with van der Waals surface area (Å²) >= 11 is 1.50. The lowest BCUT2D eigenvalue weighted by molar-refractivity contribution is -0.157. The van der Waals surface area contributed by atoms with Gasteiger partial charge in [0.15, 0.2) is 6.04 Å². The Kier molecular flexibility index (Phi) is 3.75. The van der Waals surface area contributed by atoms with Crippen LogP contribution in [0.25, 0.3) is 0 Å². The lowest BCUT2D eigenvalue weighted by atomic mass is 10.2. The van der Waals surface area contributed by atoms with E-state index in [4.69, 9.17) is 9.84 Å². The minimum atomic E-state index is -1.01. The molecule has 0 saturated carbocycles. The fourth-order valence-corrected chi connectivity index (χ4v) is 2.47. The van der Waals surface area contributed by atoms with E-state index in [0.29, 0.717) is 13.2 Å². The standard InChI is InChI=1S/C11H13NO4S/c13-10(6-8-2-1-5-17-8)12-3-4-16-7-9(12)11(14)15/h1-2,5,9H,3-4,6-7H2,(H,14,15). The Bertz CT molecular complexity index is 404. The number of hydrogen-bond donors (Lipinski definition) is 1. The van der Waals surface area contributed by atoms with Crippen molar-refractivity contribution in [3.8, 4) is 0 Å². The number of amides is 1. The number of carboxylic acids is 1. The molecule has 1 atom stereocenters. The minimum absolute atomic E-state index is 0.0749. The molecule has 2 rings (SSSR count). The molecule has 2 heterocycles. The second-order valence-corrected chi connectivity index (χ2v) is 4.80. The number of morpholine rings is 1. The number of aliphatic carboxylic acids is 1. The number of thiophene rings is 1. The molecule has 1 aliphatic rings. The van der Waals surface area contributed by atoms with Crippen molar-refractivity contribution in [2.75, 3.05) is 19.8 Å². The molecule has 1 aliphatic heterocycles. The van der Waals surface area contributed by atoms with Crippen LogP contribution in [-0.2, 0) is 20.7 Å². The van der Waals surface area contributed by atoms with E-state index in [1.54, 1.807) is 0 Å². The summed E-state index contributed by atoms with van der Waals surface area (Å²) in [5, 5.41) is 10.9. The number of carboxylic acid groups (broad SMARTS) is 1. The van der Waals surface area contributed by atoms with Crippen molar-refractivity contribution in [2.45, 2.75) is 12.5 Å². The van der Waals surface area contributed by atoms with Crippen LogP contribution >= 0.6 is 11.3 Å². The van der Waals surface area contributed by atoms with Crippen molar-refractivity contribution in [2.24, 2.45) is 0 Å². The fraction of sp³-hybridized carbons (Fsp3) is 0.455. The SMILES string of the molecule is O=C(O)C1COCCN1C(=O)Cc1cccs1. The van der Waals surface area contributed by atoms with Gasteiger partial charge in [-0.1, -0.05) is 6.07 Å². The molecule has 0 aromatic carbocycles. The first-order valence-corrected chi connectivity index (χ1v) is 6.19. The maximum Gasteiger partial charge on any atom is 0.328 e. The van der Waals surface area contributed by atoms with Gasteiger partial charge in [-0.3, -0.25) is 4.79 Å². The van der Waals surface area contributed by atoms with E-state index >= 15 is 0 Å². The third-order valence-corrected chi connectivity index (χ3v) is 3.52. The van der Waals surface area contributed by atoms with Crippen LogP contribution in [-0.4, -0.2) is 47.7 Å². The van der Waals surface area contributed by atoms with Gasteiger partial charge in [0.1, 0.15) is 0 Å². The maximum atomic E-state index is 12.0. The van der Waals surface area contributed by atoms with Gasteiger partial charge in [-0.25, -0.2) is 4.79 Å². The quantitative estimate of drug-likeness (QED) is 0.859. The van der Waals surface area contributed by atoms with Crippen molar-refractivity contribution < 1.29 is 19.4 Å². The molecule has 1 N–H and O–H groups in total. The zero-order valence-electron chi connectivity index (χ0n) is 9.17. The molecule has 1 fully saturated rings. The van der Waals surface area contributed by atoms with Crippen LogP contribution in [0.2, 0.25) is 0 Å². The largest absolute Gasteiger partial charge is 0.480 e. The molecule has 1 amide bonds. The molecule has 0 radical (unpaired) electrons. The van der Waals surface area contributed by atoms with Crippen LogP contribution in [0.15, 0.2) is 17.5 Å². The highest BCUT2D eigenvalue weighted by Crippen LogP contribution is 2.14. The predicted molar refractivity (Wildman–Crippen MR) is 62.0 cm³/mol. The van der Waals surface area contributed by atoms with E-state index in [1.807, 2.05) is 17.5 Å². The smallest absolute Gasteiger partial charge is 0.328 e. The molecule has 0 bridgehead atoms. The summed E-state index contributed by atoms with van der Waals surface area (Å²) in [5.74, 6) is -1.16. The summed E-state index contributed by atoms with van der Waals surface area (Å²) in [6, 6.07) is 2.90. The van der Waals surface area contributed by atoms with E-state index in [2.05, 4.69) is 0 Å². The summed E-state index contributed by atoms with van der Waals surface area (Å²) in [4.78, 5) is 25.3. The summed E-state index contributed by atoms with van der Waals surface area (Å²) in [6.07, 6.45) is 0.265. The number of carbonyl (C=O) groups is 2. The van der Waals surface area contributed by atoms with Crippen molar-refractivity contribution >= 4 is 23.2 Å². The van der Waals surface area contributed by atoms with Crippen LogP contribution in [0, 0.1) is 0 Å². The first-order chi connectivity index (χ1) is 8.18. The average molecular weight is 255 g/mol. The molecular formula is C11H13NO4S. The fourth-order valence-electron chi connectivity index (χ4n) is 1.77. The van der Waals surface area contributed by atoms with E-state index in [1.165, 1.54) is 16.2 Å². The Morgan fingerprint density at radius 2 is 2.41 bits per heavy atom. The summed E-state index contributed by atoms with van der Waals surface area (Å²) in [7, 11) is 0. The van der Waals surface area contributed by atoms with Crippen LogP contribution in [0.3, 0.4) is 0 Å². The second kappa shape index (κ2) is 5.29. The highest BCUT2D eigenvalue weighted by molar-refractivity contribution is 7.10. The Hall–Kier alpha value is -1.40. The molecule has 0 aliphatic carbocycles. The first-order valence-electron chi connectivity index (χ1n) is 5.31. The van der Waals surface area contributed by atoms with Crippen molar-refractivity contribution in [1.82, 2.24) is 4.90 Å². The van der Waals surface area contributed by atoms with Gasteiger partial charge in [0.2, 0.25) is 5.91 Å². The van der Waals surface area contributed by atoms with E-state index in [-0.39, 0.29) is 18.9 Å². The zero-order valence-corrected chi connectivity index (χ0v) is 9.98. The molecule has 92 valence electrons. The van der Waals surface area contributed by atoms with Gasteiger partial charge >= 0.3 is 5.97 Å². The predicted octanol–water partition coefficient (Wildman–Crippen LogP) is 0.603. The van der Waals surface area contributed by atoms with Crippen molar-refractivity contribution in [1.29, 1.82) is 0 Å². The molecule has 6 heteroatoms. The molecule has 1 aromatic rings. The maximum absolute atomic E-state index is 12.0. The molecule has 17 heavy (non-hydrogen) atoms. The van der Waals surface area contributed by atoms with Gasteiger partial charge < -0.3 is 14.7 Å². The number of nitrogens with zero attached hydrogens (tertiary/aromatic N) is 1. The highest BCUT2D eigenvalue weighted by Gasteiger charge is 2.32. The van der Waals surface area contributed by atoms with Gasteiger partial charge in [0.25, 0.3) is 0 Å². The molecule has 1 aromatic heterocycles. The molecule has 5 nitrogen and oxygen atoms in total. The normalized spacial score (nSPS) is 20.2. The topological polar surface area (TPSA) is 66.8 Å². The van der Waals surface area contributed by atoms with Crippen molar-refractivity contribution in [3.05, 3.63) is 22.4 Å². The van der Waals surface area contributed by atoms with Crippen molar-refractivity contribution in [3.63, 3.8) is 0 Å². The molecular weight excluding hydrogens is 242 g/mol. The Balaban J connectivity index is 2.03. The van der Waals surface area contributed by atoms with Gasteiger partial charge in [0, 0.05) is 11.4 Å². The second-order valence-electron chi connectivity index (χ2n) is 3.77. The number of ether oxygens (including phenoxy) is 1. The van der Waals surface area contributed by atoms with Gasteiger partial charge in [0.05, 0.1) is 19.6 Å². The van der Waals surface area contributed by atoms with E-state index in [0.717, 1.165) is 4.88 Å². The minimum Gasteiger partial charge on any atom is -0.480 e. The molecule has 1 unspecified atom stereocenters. The third-order valence-electron chi connectivity index (χ3n) is 2.64. The highest BCUT2D eigenvalue weighted by atomic mass is 32.1.